The third-order valence-electron chi connectivity index (χ3n) is 6.94. The standard InChI is InChI=1S/C31H31NO4/c1-5-35-30-21(3)31-26(27(19-36-31)24-12-8-9-13-28(24)34-4)17-25(30)20(2)16-29(33)32-15-14-22-10-6-7-11-23(22)18-32/h6-13,16-17,19H,5,14-15,18H2,1-4H3/b20-16+. The Morgan fingerprint density at radius 1 is 1.08 bits per heavy atom. The van der Waals surface area contributed by atoms with E-state index in [1.54, 1.807) is 19.4 Å². The van der Waals surface area contributed by atoms with E-state index in [9.17, 15) is 4.79 Å². The number of allylic oxidation sites excluding steroid dienone is 1. The number of methoxy groups -OCH3 is 1. The van der Waals surface area contributed by atoms with Crippen LogP contribution in [0.5, 0.6) is 11.5 Å². The van der Waals surface area contributed by atoms with Gasteiger partial charge in [0.1, 0.15) is 17.1 Å². The van der Waals surface area contributed by atoms with E-state index < -0.39 is 0 Å². The van der Waals surface area contributed by atoms with Gasteiger partial charge in [0.15, 0.2) is 0 Å². The molecule has 3 aromatic carbocycles. The second-order valence-electron chi connectivity index (χ2n) is 9.14. The van der Waals surface area contributed by atoms with Crippen molar-refractivity contribution >= 4 is 22.4 Å². The predicted octanol–water partition coefficient (Wildman–Crippen LogP) is 6.80. The lowest BCUT2D eigenvalue weighted by molar-refractivity contribution is -0.126. The molecular weight excluding hydrogens is 450 g/mol. The molecule has 36 heavy (non-hydrogen) atoms. The highest BCUT2D eigenvalue weighted by Crippen LogP contribution is 2.42. The molecule has 0 atom stereocenters. The van der Waals surface area contributed by atoms with Crippen LogP contribution in [0.15, 0.2) is 71.4 Å². The number of rotatable bonds is 6. The fourth-order valence-electron chi connectivity index (χ4n) is 5.05. The molecule has 0 unspecified atom stereocenters. The van der Waals surface area contributed by atoms with Crippen molar-refractivity contribution < 1.29 is 18.7 Å². The lowest BCUT2D eigenvalue weighted by Crippen LogP contribution is -2.34. The number of furan rings is 1. The predicted molar refractivity (Wildman–Crippen MR) is 143 cm³/mol. The van der Waals surface area contributed by atoms with E-state index in [4.69, 9.17) is 13.9 Å². The number of aryl methyl sites for hydroxylation is 1. The number of fused-ring (bicyclic) bond motifs is 2. The number of carbonyl (C=O) groups excluding carboxylic acids is 1. The molecule has 1 aromatic heterocycles. The average Bonchev–Trinajstić information content (AvgIpc) is 3.34. The Bertz CT molecular complexity index is 1460. The average molecular weight is 482 g/mol. The van der Waals surface area contributed by atoms with E-state index in [0.717, 1.165) is 63.3 Å². The Morgan fingerprint density at radius 3 is 2.61 bits per heavy atom. The summed E-state index contributed by atoms with van der Waals surface area (Å²) in [6.07, 6.45) is 4.38. The molecule has 5 rings (SSSR count). The first kappa shape index (κ1) is 23.7. The van der Waals surface area contributed by atoms with Crippen molar-refractivity contribution in [1.82, 2.24) is 4.90 Å². The number of benzene rings is 3. The molecule has 5 nitrogen and oxygen atoms in total. The Balaban J connectivity index is 1.56. The fourth-order valence-corrected chi connectivity index (χ4v) is 5.05. The maximum absolute atomic E-state index is 13.3. The molecule has 0 saturated carbocycles. The zero-order valence-corrected chi connectivity index (χ0v) is 21.3. The molecular formula is C31H31NO4. The van der Waals surface area contributed by atoms with Crippen LogP contribution in [-0.2, 0) is 17.8 Å². The number of hydrogen-bond donors (Lipinski definition) is 0. The first-order valence-electron chi connectivity index (χ1n) is 12.4. The summed E-state index contributed by atoms with van der Waals surface area (Å²) in [6, 6.07) is 18.3. The highest BCUT2D eigenvalue weighted by atomic mass is 16.5. The number of para-hydroxylation sites is 1. The highest BCUT2D eigenvalue weighted by molar-refractivity contribution is 6.02. The zero-order chi connectivity index (χ0) is 25.2. The maximum Gasteiger partial charge on any atom is 0.247 e. The quantitative estimate of drug-likeness (QED) is 0.284. The smallest absolute Gasteiger partial charge is 0.247 e. The van der Waals surface area contributed by atoms with Gasteiger partial charge in [-0.2, -0.15) is 0 Å². The summed E-state index contributed by atoms with van der Waals surface area (Å²) in [5.74, 6) is 1.54. The minimum Gasteiger partial charge on any atom is -0.496 e. The van der Waals surface area contributed by atoms with Crippen LogP contribution in [0.1, 0.15) is 36.1 Å². The van der Waals surface area contributed by atoms with Crippen molar-refractivity contribution in [1.29, 1.82) is 0 Å². The van der Waals surface area contributed by atoms with Gasteiger partial charge in [0, 0.05) is 46.8 Å². The van der Waals surface area contributed by atoms with Gasteiger partial charge in [0.2, 0.25) is 5.91 Å². The summed E-state index contributed by atoms with van der Waals surface area (Å²) in [5.41, 5.74) is 7.89. The van der Waals surface area contributed by atoms with Gasteiger partial charge in [0.25, 0.3) is 0 Å². The van der Waals surface area contributed by atoms with Crippen molar-refractivity contribution in [3.63, 3.8) is 0 Å². The summed E-state index contributed by atoms with van der Waals surface area (Å²) >= 11 is 0. The van der Waals surface area contributed by atoms with Crippen LogP contribution in [0.25, 0.3) is 27.7 Å². The van der Waals surface area contributed by atoms with Gasteiger partial charge in [-0.1, -0.05) is 42.5 Å². The molecule has 0 aliphatic carbocycles. The third kappa shape index (κ3) is 4.26. The van der Waals surface area contributed by atoms with Gasteiger partial charge >= 0.3 is 0 Å². The van der Waals surface area contributed by atoms with E-state index >= 15 is 0 Å². The van der Waals surface area contributed by atoms with E-state index in [2.05, 4.69) is 24.3 Å². The second-order valence-corrected chi connectivity index (χ2v) is 9.14. The number of amides is 1. The summed E-state index contributed by atoms with van der Waals surface area (Å²) in [6.45, 7) is 7.81. The molecule has 0 saturated heterocycles. The van der Waals surface area contributed by atoms with Gasteiger partial charge in [-0.05, 0) is 56.0 Å². The third-order valence-corrected chi connectivity index (χ3v) is 6.94. The number of hydrogen-bond acceptors (Lipinski definition) is 4. The molecule has 0 bridgehead atoms. The van der Waals surface area contributed by atoms with Crippen molar-refractivity contribution in [2.45, 2.75) is 33.7 Å². The molecule has 1 aliphatic heterocycles. The number of carbonyl (C=O) groups is 1. The minimum atomic E-state index is 0.0133. The Morgan fingerprint density at radius 2 is 1.83 bits per heavy atom. The molecule has 0 radical (unpaired) electrons. The van der Waals surface area contributed by atoms with Crippen molar-refractivity contribution in [2.75, 3.05) is 20.3 Å². The first-order chi connectivity index (χ1) is 17.5. The lowest BCUT2D eigenvalue weighted by Gasteiger charge is -2.28. The van der Waals surface area contributed by atoms with Gasteiger partial charge in [0.05, 0.1) is 20.0 Å². The van der Waals surface area contributed by atoms with Crippen LogP contribution >= 0.6 is 0 Å². The Labute approximate surface area is 211 Å². The summed E-state index contributed by atoms with van der Waals surface area (Å²) in [7, 11) is 1.67. The molecule has 5 heteroatoms. The van der Waals surface area contributed by atoms with E-state index in [1.165, 1.54) is 11.1 Å². The van der Waals surface area contributed by atoms with E-state index in [1.807, 2.05) is 56.0 Å². The van der Waals surface area contributed by atoms with Gasteiger partial charge in [-0.3, -0.25) is 4.79 Å². The van der Waals surface area contributed by atoms with E-state index in [-0.39, 0.29) is 5.91 Å². The summed E-state index contributed by atoms with van der Waals surface area (Å²) in [5, 5.41) is 0.961. The zero-order valence-electron chi connectivity index (χ0n) is 21.3. The van der Waals surface area contributed by atoms with E-state index in [0.29, 0.717) is 13.2 Å². The largest absolute Gasteiger partial charge is 0.496 e. The topological polar surface area (TPSA) is 51.9 Å². The molecule has 184 valence electrons. The Kier molecular flexibility index (Phi) is 6.55. The SMILES string of the molecule is CCOc1c(/C(C)=C/C(=O)N2CCc3ccccc3C2)cc2c(-c3ccccc3OC)coc2c1C. The number of ether oxygens (including phenoxy) is 2. The second kappa shape index (κ2) is 9.94. The summed E-state index contributed by atoms with van der Waals surface area (Å²) in [4.78, 5) is 15.2. The van der Waals surface area contributed by atoms with Crippen LogP contribution < -0.4 is 9.47 Å². The molecule has 2 heterocycles. The maximum atomic E-state index is 13.3. The van der Waals surface area contributed by atoms with Crippen molar-refractivity contribution in [3.8, 4) is 22.6 Å². The molecule has 1 aliphatic rings. The molecule has 0 N–H and O–H groups in total. The van der Waals surface area contributed by atoms with Crippen molar-refractivity contribution in [2.24, 2.45) is 0 Å². The van der Waals surface area contributed by atoms with Gasteiger partial charge in [-0.15, -0.1) is 0 Å². The van der Waals surface area contributed by atoms with Crippen LogP contribution in [0.4, 0.5) is 0 Å². The van der Waals surface area contributed by atoms with Crippen LogP contribution in [-0.4, -0.2) is 31.1 Å². The lowest BCUT2D eigenvalue weighted by atomic mass is 9.95. The number of nitrogens with zero attached hydrogens (tertiary/aromatic N) is 1. The summed E-state index contributed by atoms with van der Waals surface area (Å²) < 4.78 is 17.7. The first-order valence-corrected chi connectivity index (χ1v) is 12.4. The molecule has 1 amide bonds. The van der Waals surface area contributed by atoms with Crippen LogP contribution in [0.2, 0.25) is 0 Å². The molecule has 0 spiro atoms. The minimum absolute atomic E-state index is 0.0133. The fraction of sp³-hybridized carbons (Fsp3) is 0.258. The normalized spacial score (nSPS) is 13.6. The highest BCUT2D eigenvalue weighted by Gasteiger charge is 2.22. The monoisotopic (exact) mass is 481 g/mol. The van der Waals surface area contributed by atoms with Crippen LogP contribution in [0.3, 0.4) is 0 Å². The molecule has 4 aromatic rings. The van der Waals surface area contributed by atoms with Gasteiger partial charge in [-0.25, -0.2) is 0 Å². The molecule has 0 fully saturated rings. The van der Waals surface area contributed by atoms with Crippen molar-refractivity contribution in [3.05, 3.63) is 89.2 Å². The van der Waals surface area contributed by atoms with Crippen LogP contribution in [0, 0.1) is 6.92 Å². The van der Waals surface area contributed by atoms with Gasteiger partial charge < -0.3 is 18.8 Å². The Hall–Kier alpha value is -3.99.